The molecule has 0 saturated carbocycles. The van der Waals surface area contributed by atoms with Gasteiger partial charge >= 0.3 is 5.97 Å². The summed E-state index contributed by atoms with van der Waals surface area (Å²) >= 11 is 0. The van der Waals surface area contributed by atoms with Crippen molar-refractivity contribution in [3.63, 3.8) is 0 Å². The molecule has 0 rings (SSSR count). The maximum atomic E-state index is 12.4. The SMILES string of the molecule is [2H]C([2H])([2H])CCCCCCCCCCC(=O)C(O)(CC(=O)O)C[N+](C)(C)C. The highest BCUT2D eigenvalue weighted by Crippen LogP contribution is 2.20. The summed E-state index contributed by atoms with van der Waals surface area (Å²) in [6, 6.07) is 0. The lowest BCUT2D eigenvalue weighted by molar-refractivity contribution is -0.875. The van der Waals surface area contributed by atoms with E-state index in [0.29, 0.717) is 10.9 Å². The van der Waals surface area contributed by atoms with Gasteiger partial charge in [0, 0.05) is 10.5 Å². The molecule has 0 aromatic heterocycles. The minimum atomic E-state index is -1.82. The summed E-state index contributed by atoms with van der Waals surface area (Å²) < 4.78 is 21.7. The summed E-state index contributed by atoms with van der Waals surface area (Å²) in [4.78, 5) is 23.4. The molecule has 0 heterocycles. The molecule has 24 heavy (non-hydrogen) atoms. The molecule has 0 aromatic rings. The molecule has 0 radical (unpaired) electrons. The Morgan fingerprint density at radius 2 is 1.46 bits per heavy atom. The van der Waals surface area contributed by atoms with Crippen LogP contribution in [0.25, 0.3) is 0 Å². The number of aliphatic carboxylic acids is 1. The van der Waals surface area contributed by atoms with Crippen LogP contribution in [0.2, 0.25) is 0 Å². The van der Waals surface area contributed by atoms with Gasteiger partial charge < -0.3 is 14.7 Å². The molecule has 5 heteroatoms. The van der Waals surface area contributed by atoms with E-state index in [1.54, 1.807) is 0 Å². The van der Waals surface area contributed by atoms with E-state index in [-0.39, 0.29) is 25.2 Å². The predicted octanol–water partition coefficient (Wildman–Crippen LogP) is 3.39. The zero-order valence-corrected chi connectivity index (χ0v) is 15.6. The molecule has 0 fully saturated rings. The van der Waals surface area contributed by atoms with Gasteiger partial charge in [-0.15, -0.1) is 0 Å². The first-order chi connectivity index (χ1) is 12.3. The van der Waals surface area contributed by atoms with Crippen molar-refractivity contribution in [2.24, 2.45) is 0 Å². The van der Waals surface area contributed by atoms with Crippen molar-refractivity contribution in [1.82, 2.24) is 0 Å². The lowest BCUT2D eigenvalue weighted by Gasteiger charge is -2.33. The highest BCUT2D eigenvalue weighted by Gasteiger charge is 2.42. The second kappa shape index (κ2) is 11.6. The lowest BCUT2D eigenvalue weighted by Crippen LogP contribution is -2.54. The van der Waals surface area contributed by atoms with Gasteiger partial charge in [0.15, 0.2) is 11.4 Å². The number of quaternary nitrogens is 1. The Hall–Kier alpha value is -0.940. The third-order valence-electron chi connectivity index (χ3n) is 4.03. The van der Waals surface area contributed by atoms with Crippen molar-refractivity contribution in [1.29, 1.82) is 0 Å². The zero-order chi connectivity index (χ0) is 21.1. The van der Waals surface area contributed by atoms with E-state index in [2.05, 4.69) is 0 Å². The molecule has 0 spiro atoms. The van der Waals surface area contributed by atoms with Crippen LogP contribution in [0.5, 0.6) is 0 Å². The first-order valence-electron chi connectivity index (χ1n) is 10.5. The number of nitrogens with zero attached hydrogens (tertiary/aromatic N) is 1. The first kappa shape index (κ1) is 17.9. The van der Waals surface area contributed by atoms with Gasteiger partial charge in [-0.3, -0.25) is 9.59 Å². The average molecular weight is 348 g/mol. The van der Waals surface area contributed by atoms with Crippen molar-refractivity contribution in [3.8, 4) is 0 Å². The molecule has 5 nitrogen and oxygen atoms in total. The largest absolute Gasteiger partial charge is 0.481 e. The van der Waals surface area contributed by atoms with E-state index >= 15 is 0 Å². The summed E-state index contributed by atoms with van der Waals surface area (Å²) in [5.74, 6) is -1.56. The van der Waals surface area contributed by atoms with Gasteiger partial charge in [-0.2, -0.15) is 0 Å². The van der Waals surface area contributed by atoms with Crippen LogP contribution in [0.15, 0.2) is 0 Å². The standard InChI is InChI=1S/C19H37NO4/c1-5-6-7-8-9-10-11-12-13-14-17(21)19(24,15-18(22)23)16-20(2,3)4/h24H,5-16H2,1-4H3/p+1/i1D3. The lowest BCUT2D eigenvalue weighted by atomic mass is 9.89. The van der Waals surface area contributed by atoms with Crippen molar-refractivity contribution in [2.75, 3.05) is 27.7 Å². The van der Waals surface area contributed by atoms with E-state index in [1.165, 1.54) is 0 Å². The van der Waals surface area contributed by atoms with Crippen molar-refractivity contribution in [2.45, 2.75) is 83.1 Å². The summed E-state index contributed by atoms with van der Waals surface area (Å²) in [6.07, 6.45) is 7.21. The van der Waals surface area contributed by atoms with Crippen LogP contribution in [-0.4, -0.2) is 59.7 Å². The molecule has 0 bridgehead atoms. The average Bonchev–Trinajstić information content (AvgIpc) is 2.44. The molecule has 0 saturated heterocycles. The number of carboxylic acid groups (broad SMARTS) is 1. The Balaban J connectivity index is 4.00. The summed E-state index contributed by atoms with van der Waals surface area (Å²) in [6.45, 7) is -1.74. The molecule has 2 N–H and O–H groups in total. The number of rotatable bonds is 15. The Kier molecular flexibility index (Phi) is 8.63. The van der Waals surface area contributed by atoms with Gasteiger partial charge in [0.2, 0.25) is 0 Å². The monoisotopic (exact) mass is 347 g/mol. The minimum Gasteiger partial charge on any atom is -0.481 e. The van der Waals surface area contributed by atoms with E-state index in [4.69, 9.17) is 9.22 Å². The molecular weight excluding hydrogens is 306 g/mol. The van der Waals surface area contributed by atoms with Crippen LogP contribution in [0, 0.1) is 0 Å². The number of unbranched alkanes of at least 4 members (excludes halogenated alkanes) is 7. The van der Waals surface area contributed by atoms with Crippen LogP contribution in [0.4, 0.5) is 0 Å². The van der Waals surface area contributed by atoms with Crippen LogP contribution in [0.3, 0.4) is 0 Å². The second-order valence-corrected chi connectivity index (χ2v) is 7.80. The number of ketones is 1. The van der Waals surface area contributed by atoms with Crippen molar-refractivity contribution < 1.29 is 28.4 Å². The summed E-state index contributed by atoms with van der Waals surface area (Å²) in [5.41, 5.74) is -1.81. The van der Waals surface area contributed by atoms with E-state index in [1.807, 2.05) is 21.1 Å². The molecular formula is C19H38NO4+. The van der Waals surface area contributed by atoms with Gasteiger partial charge in [0.05, 0.1) is 27.6 Å². The number of Topliss-reactive ketones (excluding diaryl/α,β-unsaturated/α-hetero) is 1. The Morgan fingerprint density at radius 3 is 1.92 bits per heavy atom. The fraction of sp³-hybridized carbons (Fsp3) is 0.895. The van der Waals surface area contributed by atoms with Crippen LogP contribution < -0.4 is 0 Å². The maximum Gasteiger partial charge on any atom is 0.306 e. The summed E-state index contributed by atoms with van der Waals surface area (Å²) in [5, 5.41) is 19.6. The molecule has 142 valence electrons. The smallest absolute Gasteiger partial charge is 0.306 e. The summed E-state index contributed by atoms with van der Waals surface area (Å²) in [7, 11) is 5.45. The number of aliphatic hydroxyl groups is 1. The number of carboxylic acids is 1. The zero-order valence-electron chi connectivity index (χ0n) is 18.6. The van der Waals surface area contributed by atoms with Crippen LogP contribution in [-0.2, 0) is 9.59 Å². The van der Waals surface area contributed by atoms with Gasteiger partial charge in [-0.1, -0.05) is 58.2 Å². The number of likely N-dealkylation sites (N-methyl/N-ethyl adjacent to an activating group) is 1. The molecule has 0 aromatic carbocycles. The van der Waals surface area contributed by atoms with Crippen molar-refractivity contribution in [3.05, 3.63) is 0 Å². The first-order valence-corrected chi connectivity index (χ1v) is 9.03. The quantitative estimate of drug-likeness (QED) is 0.352. The maximum absolute atomic E-state index is 12.4. The highest BCUT2D eigenvalue weighted by atomic mass is 16.4. The predicted molar refractivity (Wildman–Crippen MR) is 97.0 cm³/mol. The number of hydrogen-bond donors (Lipinski definition) is 2. The molecule has 0 aliphatic heterocycles. The molecule has 1 unspecified atom stereocenters. The molecule has 0 amide bonds. The van der Waals surface area contributed by atoms with Gasteiger partial charge in [0.25, 0.3) is 0 Å². The van der Waals surface area contributed by atoms with E-state index in [0.717, 1.165) is 44.9 Å². The number of carbonyl (C=O) groups is 2. The molecule has 0 aliphatic rings. The minimum absolute atomic E-state index is 0.0778. The normalized spacial score (nSPS) is 16.8. The Bertz CT molecular complexity index is 461. The fourth-order valence-corrected chi connectivity index (χ4v) is 2.98. The Morgan fingerprint density at radius 1 is 0.958 bits per heavy atom. The number of carbonyl (C=O) groups excluding carboxylic acids is 1. The van der Waals surface area contributed by atoms with E-state index < -0.39 is 24.8 Å². The van der Waals surface area contributed by atoms with Crippen LogP contribution >= 0.6 is 0 Å². The van der Waals surface area contributed by atoms with E-state index in [9.17, 15) is 14.7 Å². The third-order valence-corrected chi connectivity index (χ3v) is 4.03. The van der Waals surface area contributed by atoms with Crippen molar-refractivity contribution >= 4 is 11.8 Å². The second-order valence-electron chi connectivity index (χ2n) is 7.80. The van der Waals surface area contributed by atoms with Gasteiger partial charge in [0.1, 0.15) is 6.54 Å². The number of hydrogen-bond acceptors (Lipinski definition) is 3. The highest BCUT2D eigenvalue weighted by molar-refractivity contribution is 5.90. The van der Waals surface area contributed by atoms with Gasteiger partial charge in [-0.05, 0) is 6.42 Å². The Labute approximate surface area is 151 Å². The fourth-order valence-electron chi connectivity index (χ4n) is 2.98. The van der Waals surface area contributed by atoms with Gasteiger partial charge in [-0.25, -0.2) is 0 Å². The van der Waals surface area contributed by atoms with Crippen LogP contribution in [0.1, 0.15) is 81.6 Å². The third kappa shape index (κ3) is 11.6. The topological polar surface area (TPSA) is 74.6 Å². The molecule has 1 atom stereocenters. The molecule has 0 aliphatic carbocycles.